The summed E-state index contributed by atoms with van der Waals surface area (Å²) in [7, 11) is 0. The second kappa shape index (κ2) is 11.4. The molecule has 0 spiro atoms. The molecule has 1 aromatic rings. The van der Waals surface area contributed by atoms with Gasteiger partial charge in [-0.05, 0) is 58.6 Å². The largest absolute Gasteiger partial charge is 0.444 e. The lowest BCUT2D eigenvalue weighted by Crippen LogP contribution is -2.57. The van der Waals surface area contributed by atoms with Crippen LogP contribution in [0.1, 0.15) is 82.5 Å². The van der Waals surface area contributed by atoms with Crippen molar-refractivity contribution in [2.45, 2.75) is 83.3 Å². The number of alkyl carbamates (subject to hydrolysis) is 1. The van der Waals surface area contributed by atoms with Crippen LogP contribution in [0.3, 0.4) is 0 Å². The van der Waals surface area contributed by atoms with Gasteiger partial charge in [0.05, 0.1) is 11.1 Å². The number of carbonyl (C=O) groups is 3. The summed E-state index contributed by atoms with van der Waals surface area (Å²) in [6.45, 7) is 6.40. The van der Waals surface area contributed by atoms with Crippen molar-refractivity contribution in [3.63, 3.8) is 0 Å². The summed E-state index contributed by atoms with van der Waals surface area (Å²) in [5.74, 6) is -2.51. The van der Waals surface area contributed by atoms with E-state index in [0.717, 1.165) is 50.7 Å². The van der Waals surface area contributed by atoms with E-state index in [9.17, 15) is 23.2 Å². The van der Waals surface area contributed by atoms with Crippen LogP contribution in [0, 0.1) is 17.6 Å². The lowest BCUT2D eigenvalue weighted by atomic mass is 9.89. The number of ether oxygens (including phenoxy) is 1. The number of benzene rings is 1. The van der Waals surface area contributed by atoms with Crippen LogP contribution in [0.15, 0.2) is 18.2 Å². The number of piperidine rings is 1. The quantitative estimate of drug-likeness (QED) is 0.589. The van der Waals surface area contributed by atoms with E-state index in [2.05, 4.69) is 10.6 Å². The zero-order valence-corrected chi connectivity index (χ0v) is 20.9. The second-order valence-electron chi connectivity index (χ2n) is 10.7. The first-order chi connectivity index (χ1) is 16.5. The Balaban J connectivity index is 1.55. The molecule has 3 amide bonds. The summed E-state index contributed by atoms with van der Waals surface area (Å²) in [4.78, 5) is 39.6. The maximum atomic E-state index is 14.0. The third-order valence-corrected chi connectivity index (χ3v) is 6.74. The minimum atomic E-state index is -0.888. The van der Waals surface area contributed by atoms with Gasteiger partial charge in [-0.15, -0.1) is 0 Å². The highest BCUT2D eigenvalue weighted by Gasteiger charge is 2.36. The van der Waals surface area contributed by atoms with Gasteiger partial charge in [-0.1, -0.05) is 25.7 Å². The zero-order valence-electron chi connectivity index (χ0n) is 20.9. The van der Waals surface area contributed by atoms with Gasteiger partial charge in [0.1, 0.15) is 17.2 Å². The van der Waals surface area contributed by atoms with Gasteiger partial charge < -0.3 is 20.3 Å². The average Bonchev–Trinajstić information content (AvgIpc) is 3.01. The molecule has 1 aliphatic heterocycles. The van der Waals surface area contributed by atoms with Crippen LogP contribution >= 0.6 is 0 Å². The van der Waals surface area contributed by atoms with E-state index in [4.69, 9.17) is 4.74 Å². The molecule has 2 N–H and O–H groups in total. The number of halogens is 2. The molecule has 0 atom stereocenters. The van der Waals surface area contributed by atoms with Gasteiger partial charge in [-0.3, -0.25) is 9.59 Å². The smallest absolute Gasteiger partial charge is 0.408 e. The van der Waals surface area contributed by atoms with E-state index in [1.54, 1.807) is 0 Å². The van der Waals surface area contributed by atoms with Crippen LogP contribution in [0.4, 0.5) is 13.6 Å². The number of amides is 3. The molecule has 194 valence electrons. The van der Waals surface area contributed by atoms with Crippen LogP contribution in [0.2, 0.25) is 0 Å². The minimum absolute atomic E-state index is 0.111. The molecule has 0 radical (unpaired) electrons. The van der Waals surface area contributed by atoms with E-state index in [1.807, 2.05) is 20.8 Å². The van der Waals surface area contributed by atoms with Crippen molar-refractivity contribution in [2.75, 3.05) is 19.6 Å². The summed E-state index contributed by atoms with van der Waals surface area (Å²) in [5.41, 5.74) is -1.33. The fraction of sp³-hybridized carbons (Fsp3) is 0.654. The Morgan fingerprint density at radius 2 is 1.69 bits per heavy atom. The van der Waals surface area contributed by atoms with Crippen molar-refractivity contribution in [1.82, 2.24) is 15.5 Å². The number of nitrogens with zero attached hydrogens (tertiary/aromatic N) is 1. The highest BCUT2D eigenvalue weighted by molar-refractivity contribution is 5.94. The molecule has 1 saturated carbocycles. The average molecular weight is 494 g/mol. The van der Waals surface area contributed by atoms with Crippen LogP contribution < -0.4 is 10.6 Å². The molecule has 7 nitrogen and oxygen atoms in total. The highest BCUT2D eigenvalue weighted by Crippen LogP contribution is 2.28. The fourth-order valence-corrected chi connectivity index (χ4v) is 4.85. The molecule has 2 aliphatic rings. The molecule has 2 fully saturated rings. The fourth-order valence-electron chi connectivity index (χ4n) is 4.85. The number of carbonyl (C=O) groups excluding carboxylic acids is 3. The Kier molecular flexibility index (Phi) is 8.72. The summed E-state index contributed by atoms with van der Waals surface area (Å²) in [5, 5.41) is 6.08. The predicted octanol–water partition coefficient (Wildman–Crippen LogP) is 4.55. The third kappa shape index (κ3) is 7.64. The van der Waals surface area contributed by atoms with Crippen molar-refractivity contribution >= 4 is 17.9 Å². The molecule has 35 heavy (non-hydrogen) atoms. The zero-order chi connectivity index (χ0) is 25.6. The number of nitrogens with one attached hydrogen (secondary N) is 2. The van der Waals surface area contributed by atoms with Gasteiger partial charge in [-0.25, -0.2) is 13.6 Å². The molecule has 3 rings (SSSR count). The van der Waals surface area contributed by atoms with Crippen LogP contribution in [-0.4, -0.2) is 53.6 Å². The molecule has 1 aliphatic carbocycles. The Morgan fingerprint density at radius 1 is 1.06 bits per heavy atom. The first-order valence-corrected chi connectivity index (χ1v) is 12.5. The maximum Gasteiger partial charge on any atom is 0.408 e. The molecule has 0 aromatic heterocycles. The Morgan fingerprint density at radius 3 is 2.26 bits per heavy atom. The molecule has 0 bridgehead atoms. The Bertz CT molecular complexity index is 916. The molecular formula is C26H37F2N3O4. The van der Waals surface area contributed by atoms with E-state index >= 15 is 0 Å². The van der Waals surface area contributed by atoms with Gasteiger partial charge >= 0.3 is 6.09 Å². The summed E-state index contributed by atoms with van der Waals surface area (Å²) < 4.78 is 32.6. The first kappa shape index (κ1) is 26.9. The topological polar surface area (TPSA) is 87.7 Å². The van der Waals surface area contributed by atoms with E-state index in [1.165, 1.54) is 4.90 Å². The number of hydrogen-bond donors (Lipinski definition) is 2. The Labute approximate surface area is 206 Å². The first-order valence-electron chi connectivity index (χ1n) is 12.5. The van der Waals surface area contributed by atoms with Gasteiger partial charge in [0.15, 0.2) is 0 Å². The lowest BCUT2D eigenvalue weighted by molar-refractivity contribution is -0.126. The summed E-state index contributed by atoms with van der Waals surface area (Å²) >= 11 is 0. The standard InChI is InChI=1S/C26H37F2N3O4/c1-25(2,3)35-24(34)30-26(12-6-4-5-7-13-26)17-29-22(32)18-10-14-31(15-11-18)23(33)20-9-8-19(27)16-21(20)28/h8-9,16,18H,4-7,10-15,17H2,1-3H3,(H,29,32)(H,30,34). The molecule has 0 unspecified atom stereocenters. The number of hydrogen-bond acceptors (Lipinski definition) is 4. The number of rotatable bonds is 5. The van der Waals surface area contributed by atoms with Crippen molar-refractivity contribution < 1.29 is 27.9 Å². The van der Waals surface area contributed by atoms with Gasteiger partial charge in [0.2, 0.25) is 5.91 Å². The summed E-state index contributed by atoms with van der Waals surface area (Å²) in [6.07, 6.45) is 6.07. The lowest BCUT2D eigenvalue weighted by Gasteiger charge is -2.36. The molecule has 9 heteroatoms. The van der Waals surface area contributed by atoms with Gasteiger partial charge in [0, 0.05) is 31.6 Å². The van der Waals surface area contributed by atoms with Crippen molar-refractivity contribution in [3.05, 3.63) is 35.4 Å². The predicted molar refractivity (Wildman–Crippen MR) is 128 cm³/mol. The SMILES string of the molecule is CC(C)(C)OC(=O)NC1(CNC(=O)C2CCN(C(=O)c3ccc(F)cc3F)CC2)CCCCCC1. The third-order valence-electron chi connectivity index (χ3n) is 6.74. The van der Waals surface area contributed by atoms with Crippen molar-refractivity contribution in [1.29, 1.82) is 0 Å². The van der Waals surface area contributed by atoms with Gasteiger partial charge in [0.25, 0.3) is 5.91 Å². The number of likely N-dealkylation sites (tertiary alicyclic amines) is 1. The van der Waals surface area contributed by atoms with Crippen LogP contribution in [-0.2, 0) is 9.53 Å². The molecule has 1 heterocycles. The maximum absolute atomic E-state index is 14.0. The minimum Gasteiger partial charge on any atom is -0.444 e. The van der Waals surface area contributed by atoms with E-state index in [0.29, 0.717) is 38.5 Å². The Hall–Kier alpha value is -2.71. The van der Waals surface area contributed by atoms with E-state index < -0.39 is 34.8 Å². The van der Waals surface area contributed by atoms with Crippen LogP contribution in [0.5, 0.6) is 0 Å². The van der Waals surface area contributed by atoms with Crippen molar-refractivity contribution in [2.24, 2.45) is 5.92 Å². The van der Waals surface area contributed by atoms with E-state index in [-0.39, 0.29) is 17.4 Å². The molecular weight excluding hydrogens is 456 g/mol. The summed E-state index contributed by atoms with van der Waals surface area (Å²) in [6, 6.07) is 2.91. The highest BCUT2D eigenvalue weighted by atomic mass is 19.1. The normalized spacial score (nSPS) is 18.9. The molecule has 1 aromatic carbocycles. The van der Waals surface area contributed by atoms with Crippen molar-refractivity contribution in [3.8, 4) is 0 Å². The molecule has 1 saturated heterocycles. The monoisotopic (exact) mass is 493 g/mol. The van der Waals surface area contributed by atoms with Gasteiger partial charge in [-0.2, -0.15) is 0 Å². The second-order valence-corrected chi connectivity index (χ2v) is 10.7. The van der Waals surface area contributed by atoms with Crippen LogP contribution in [0.25, 0.3) is 0 Å².